The number of rotatable bonds is 4. The molecule has 3 atom stereocenters. The fourth-order valence-corrected chi connectivity index (χ4v) is 5.85. The highest BCUT2D eigenvalue weighted by Crippen LogP contribution is 2.46. The zero-order valence-electron chi connectivity index (χ0n) is 19.2. The van der Waals surface area contributed by atoms with E-state index in [0.717, 1.165) is 10.4 Å². The summed E-state index contributed by atoms with van der Waals surface area (Å²) in [5, 5.41) is 5.71. The molecular weight excluding hydrogens is 450 g/mol. The Bertz CT molecular complexity index is 1410. The van der Waals surface area contributed by atoms with Gasteiger partial charge in [0.05, 0.1) is 29.7 Å². The largest absolute Gasteiger partial charge is 0.464 e. The molecular formula is C27H25NO5S. The van der Waals surface area contributed by atoms with Gasteiger partial charge in [-0.15, -0.1) is 11.3 Å². The number of nitrogens with one attached hydrogen (secondary N) is 1. The number of aryl methyl sites for hydroxylation is 1. The molecule has 0 saturated heterocycles. The first kappa shape index (κ1) is 22.3. The van der Waals surface area contributed by atoms with E-state index in [0.29, 0.717) is 39.9 Å². The van der Waals surface area contributed by atoms with Crippen LogP contribution in [0.3, 0.4) is 0 Å². The van der Waals surface area contributed by atoms with Crippen molar-refractivity contribution in [2.24, 2.45) is 5.92 Å². The maximum Gasteiger partial charge on any atom is 0.336 e. The number of allylic oxidation sites excluding steroid dienone is 3. The molecule has 2 aliphatic rings. The van der Waals surface area contributed by atoms with E-state index in [1.165, 1.54) is 6.26 Å². The predicted molar refractivity (Wildman–Crippen MR) is 131 cm³/mol. The summed E-state index contributed by atoms with van der Waals surface area (Å²) < 4.78 is 11.2. The van der Waals surface area contributed by atoms with Gasteiger partial charge in [0.25, 0.3) is 0 Å². The van der Waals surface area contributed by atoms with Crippen molar-refractivity contribution in [2.75, 3.05) is 6.61 Å². The average molecular weight is 476 g/mol. The van der Waals surface area contributed by atoms with E-state index >= 15 is 0 Å². The first-order valence-corrected chi connectivity index (χ1v) is 12.2. The van der Waals surface area contributed by atoms with E-state index < -0.39 is 17.8 Å². The fourth-order valence-electron chi connectivity index (χ4n) is 5.05. The third-order valence-electron chi connectivity index (χ3n) is 6.56. The van der Waals surface area contributed by atoms with Gasteiger partial charge in [-0.1, -0.05) is 23.8 Å². The molecule has 3 unspecified atom stereocenters. The lowest BCUT2D eigenvalue weighted by molar-refractivity contribution is -0.139. The number of carbonyl (C=O) groups is 2. The van der Waals surface area contributed by atoms with Crippen LogP contribution in [0.5, 0.6) is 0 Å². The monoisotopic (exact) mass is 475 g/mol. The van der Waals surface area contributed by atoms with Crippen LogP contribution < -0.4 is 10.7 Å². The highest BCUT2D eigenvalue weighted by molar-refractivity contribution is 7.10. The standard InChI is InChI=1S/C27H25NO5S/c1-4-32-27(31)23-15(3)28-19-11-16(22-6-5-9-34-22)12-20(29)25(19)24(23)18-13-33-21-8-7-14(2)10-17(21)26(18)30/h5-11,13,16,24-25,28H,4,12H2,1-3H3. The number of Topliss-reactive ketones (excluding diaryl/α,β-unsaturated/α-hetero) is 1. The average Bonchev–Trinajstić information content (AvgIpc) is 3.34. The summed E-state index contributed by atoms with van der Waals surface area (Å²) in [5.74, 6) is -2.08. The van der Waals surface area contributed by atoms with Crippen molar-refractivity contribution in [2.45, 2.75) is 39.0 Å². The zero-order chi connectivity index (χ0) is 24.0. The molecule has 0 saturated carbocycles. The summed E-state index contributed by atoms with van der Waals surface area (Å²) in [4.78, 5) is 41.4. The second-order valence-electron chi connectivity index (χ2n) is 8.77. The molecule has 0 spiro atoms. The van der Waals surface area contributed by atoms with Gasteiger partial charge in [-0.25, -0.2) is 4.79 Å². The third kappa shape index (κ3) is 3.70. The van der Waals surface area contributed by atoms with Gasteiger partial charge in [0.15, 0.2) is 5.43 Å². The van der Waals surface area contributed by atoms with Crippen LogP contribution in [0.2, 0.25) is 0 Å². The Hall–Kier alpha value is -3.45. The van der Waals surface area contributed by atoms with Crippen molar-refractivity contribution in [3.05, 3.63) is 91.2 Å². The summed E-state index contributed by atoms with van der Waals surface area (Å²) >= 11 is 1.61. The molecule has 1 aliphatic carbocycles. The highest BCUT2D eigenvalue weighted by Gasteiger charge is 2.46. The molecule has 1 aliphatic heterocycles. The van der Waals surface area contributed by atoms with Crippen LogP contribution in [-0.2, 0) is 14.3 Å². The topological polar surface area (TPSA) is 85.6 Å². The van der Waals surface area contributed by atoms with Gasteiger partial charge < -0.3 is 14.5 Å². The van der Waals surface area contributed by atoms with Gasteiger partial charge in [-0.3, -0.25) is 9.59 Å². The number of thiophene rings is 1. The van der Waals surface area contributed by atoms with E-state index in [1.54, 1.807) is 37.3 Å². The predicted octanol–water partition coefficient (Wildman–Crippen LogP) is 4.94. The fraction of sp³-hybridized carbons (Fsp3) is 0.296. The van der Waals surface area contributed by atoms with Crippen LogP contribution >= 0.6 is 11.3 Å². The van der Waals surface area contributed by atoms with Crippen LogP contribution in [0.1, 0.15) is 48.1 Å². The molecule has 34 heavy (non-hydrogen) atoms. The van der Waals surface area contributed by atoms with Gasteiger partial charge in [-0.05, 0) is 44.4 Å². The lowest BCUT2D eigenvalue weighted by Crippen LogP contribution is -2.43. The second-order valence-corrected chi connectivity index (χ2v) is 9.75. The highest BCUT2D eigenvalue weighted by atomic mass is 32.1. The number of esters is 1. The van der Waals surface area contributed by atoms with Crippen LogP contribution in [0.25, 0.3) is 11.0 Å². The van der Waals surface area contributed by atoms with E-state index in [9.17, 15) is 14.4 Å². The summed E-state index contributed by atoms with van der Waals surface area (Å²) in [5.41, 5.74) is 3.04. The number of hydrogen-bond acceptors (Lipinski definition) is 7. The molecule has 0 amide bonds. The van der Waals surface area contributed by atoms with Crippen LogP contribution in [0.15, 0.2) is 74.2 Å². The molecule has 1 aromatic carbocycles. The summed E-state index contributed by atoms with van der Waals surface area (Å²) in [6, 6.07) is 9.40. The Labute approximate surface area is 200 Å². The van der Waals surface area contributed by atoms with E-state index in [-0.39, 0.29) is 23.7 Å². The lowest BCUT2D eigenvalue weighted by Gasteiger charge is -2.38. The maximum absolute atomic E-state index is 13.7. The number of carbonyl (C=O) groups excluding carboxylic acids is 2. The van der Waals surface area contributed by atoms with Gasteiger partial charge in [0.2, 0.25) is 0 Å². The second kappa shape index (κ2) is 8.72. The molecule has 6 nitrogen and oxygen atoms in total. The van der Waals surface area contributed by atoms with Gasteiger partial charge in [0, 0.05) is 40.1 Å². The molecule has 2 aromatic heterocycles. The molecule has 7 heteroatoms. The first-order chi connectivity index (χ1) is 16.4. The Kier molecular flexibility index (Phi) is 5.73. The van der Waals surface area contributed by atoms with Crippen molar-refractivity contribution in [3.63, 3.8) is 0 Å². The number of ketones is 1. The summed E-state index contributed by atoms with van der Waals surface area (Å²) in [6.45, 7) is 5.60. The van der Waals surface area contributed by atoms with Crippen molar-refractivity contribution in [1.82, 2.24) is 5.32 Å². The zero-order valence-corrected chi connectivity index (χ0v) is 20.0. The number of fused-ring (bicyclic) bond motifs is 2. The van der Waals surface area contributed by atoms with Crippen LogP contribution in [-0.4, -0.2) is 18.4 Å². The normalized spacial score (nSPS) is 22.3. The molecule has 0 bridgehead atoms. The van der Waals surface area contributed by atoms with E-state index in [4.69, 9.17) is 9.15 Å². The van der Waals surface area contributed by atoms with E-state index in [1.807, 2.05) is 30.5 Å². The van der Waals surface area contributed by atoms with Crippen LogP contribution in [0, 0.1) is 12.8 Å². The minimum absolute atomic E-state index is 0.0218. The molecule has 0 radical (unpaired) electrons. The lowest BCUT2D eigenvalue weighted by atomic mass is 9.69. The Balaban J connectivity index is 1.71. The third-order valence-corrected chi connectivity index (χ3v) is 7.56. The van der Waals surface area contributed by atoms with E-state index in [2.05, 4.69) is 11.4 Å². The summed E-state index contributed by atoms with van der Waals surface area (Å²) in [7, 11) is 0. The Morgan fingerprint density at radius 2 is 2.03 bits per heavy atom. The molecule has 1 N–H and O–H groups in total. The SMILES string of the molecule is CCOC(=O)C1=C(C)NC2=CC(c3cccs3)CC(=O)C2C1c1coc2ccc(C)cc2c1=O. The van der Waals surface area contributed by atoms with Gasteiger partial charge in [-0.2, -0.15) is 0 Å². The van der Waals surface area contributed by atoms with Crippen molar-refractivity contribution >= 4 is 34.1 Å². The molecule has 3 aromatic rings. The quantitative estimate of drug-likeness (QED) is 0.538. The van der Waals surface area contributed by atoms with Gasteiger partial charge in [0.1, 0.15) is 11.4 Å². The Morgan fingerprint density at radius 3 is 2.76 bits per heavy atom. The van der Waals surface area contributed by atoms with Gasteiger partial charge >= 0.3 is 5.97 Å². The molecule has 0 fully saturated rings. The minimum atomic E-state index is -0.788. The van der Waals surface area contributed by atoms with Crippen LogP contribution in [0.4, 0.5) is 0 Å². The van der Waals surface area contributed by atoms with Crippen molar-refractivity contribution in [3.8, 4) is 0 Å². The number of benzene rings is 1. The minimum Gasteiger partial charge on any atom is -0.464 e. The molecule has 3 heterocycles. The summed E-state index contributed by atoms with van der Waals surface area (Å²) in [6.07, 6.45) is 3.77. The Morgan fingerprint density at radius 1 is 1.21 bits per heavy atom. The maximum atomic E-state index is 13.7. The van der Waals surface area contributed by atoms with Crippen molar-refractivity contribution in [1.29, 1.82) is 0 Å². The number of ether oxygens (including phenoxy) is 1. The smallest absolute Gasteiger partial charge is 0.336 e. The molecule has 5 rings (SSSR count). The van der Waals surface area contributed by atoms with Crippen molar-refractivity contribution < 1.29 is 18.7 Å². The first-order valence-electron chi connectivity index (χ1n) is 11.3. The molecule has 174 valence electrons. The number of hydrogen-bond donors (Lipinski definition) is 1.